The minimum absolute atomic E-state index is 0.0623. The molecular formula is C25H15F6NO5. The van der Waals surface area contributed by atoms with E-state index in [0.29, 0.717) is 30.5 Å². The topological polar surface area (TPSA) is 85.7 Å². The van der Waals surface area contributed by atoms with Crippen LogP contribution in [0.1, 0.15) is 40.0 Å². The Morgan fingerprint density at radius 1 is 0.973 bits per heavy atom. The van der Waals surface area contributed by atoms with E-state index >= 15 is 0 Å². The lowest BCUT2D eigenvalue weighted by Gasteiger charge is -2.17. The fraction of sp³-hybridized carbons (Fsp3) is 0.240. The number of hydrogen-bond donors (Lipinski definition) is 1. The number of aromatic nitrogens is 1. The van der Waals surface area contributed by atoms with Crippen LogP contribution in [-0.2, 0) is 22.8 Å². The lowest BCUT2D eigenvalue weighted by atomic mass is 9.88. The molecule has 0 atom stereocenters. The predicted molar refractivity (Wildman–Crippen MR) is 114 cm³/mol. The van der Waals surface area contributed by atoms with Crippen LogP contribution >= 0.6 is 0 Å². The van der Waals surface area contributed by atoms with Gasteiger partial charge in [-0.05, 0) is 60.9 Å². The van der Waals surface area contributed by atoms with Crippen LogP contribution in [0.4, 0.5) is 26.3 Å². The van der Waals surface area contributed by atoms with E-state index < -0.39 is 64.3 Å². The van der Waals surface area contributed by atoms with Crippen molar-refractivity contribution in [1.82, 2.24) is 4.98 Å². The van der Waals surface area contributed by atoms with Gasteiger partial charge in [0, 0.05) is 17.7 Å². The van der Waals surface area contributed by atoms with Gasteiger partial charge in [-0.25, -0.2) is 9.18 Å². The monoisotopic (exact) mass is 523 g/mol. The van der Waals surface area contributed by atoms with Crippen molar-refractivity contribution in [1.29, 1.82) is 0 Å². The number of ketones is 1. The Bertz CT molecular complexity index is 1450. The van der Waals surface area contributed by atoms with E-state index in [1.54, 1.807) is 0 Å². The molecule has 1 saturated carbocycles. The van der Waals surface area contributed by atoms with Crippen LogP contribution < -0.4 is 9.47 Å². The molecule has 0 saturated heterocycles. The van der Waals surface area contributed by atoms with Crippen molar-refractivity contribution in [3.05, 3.63) is 76.7 Å². The normalized spacial score (nSPS) is 16.9. The average molecular weight is 523 g/mol. The number of nitrogens with zero attached hydrogens (tertiary/aromatic N) is 1. The number of benzene rings is 2. The molecule has 5 rings (SSSR count). The van der Waals surface area contributed by atoms with E-state index in [2.05, 4.69) is 14.5 Å². The van der Waals surface area contributed by atoms with Gasteiger partial charge in [0.05, 0.1) is 22.2 Å². The van der Waals surface area contributed by atoms with E-state index in [4.69, 9.17) is 5.11 Å². The zero-order valence-corrected chi connectivity index (χ0v) is 18.5. The highest BCUT2D eigenvalue weighted by molar-refractivity contribution is 5.94. The number of halogens is 6. The fourth-order valence-corrected chi connectivity index (χ4v) is 4.33. The molecule has 3 aromatic rings. The molecule has 1 aliphatic carbocycles. The summed E-state index contributed by atoms with van der Waals surface area (Å²) in [5.41, 5.74) is -3.68. The Morgan fingerprint density at radius 3 is 2.32 bits per heavy atom. The first-order valence-electron chi connectivity index (χ1n) is 10.8. The van der Waals surface area contributed by atoms with Crippen LogP contribution in [0.2, 0.25) is 0 Å². The number of Topliss-reactive ketones (excluding diaryl/α,β-unsaturated/α-hetero) is 1. The van der Waals surface area contributed by atoms with Crippen molar-refractivity contribution < 1.29 is 50.5 Å². The summed E-state index contributed by atoms with van der Waals surface area (Å²) in [5.74, 6) is -3.46. The highest BCUT2D eigenvalue weighted by Crippen LogP contribution is 2.52. The first kappa shape index (κ1) is 24.6. The standard InChI is InChI=1S/C25H15F6NO5/c26-15-8-12(7-13(9-15)22(34)35)21-17(24(27,28)29)3-2-16(32-21)11-20(33)23(5-6-23)14-1-4-18-19(10-14)37-25(30,31)36-18/h1-4,7-10H,5-6,11H2,(H,34,35). The van der Waals surface area contributed by atoms with E-state index in [9.17, 15) is 35.9 Å². The smallest absolute Gasteiger partial charge is 0.478 e. The second-order valence-corrected chi connectivity index (χ2v) is 8.74. The second-order valence-electron chi connectivity index (χ2n) is 8.74. The lowest BCUT2D eigenvalue weighted by Crippen LogP contribution is -2.26. The molecule has 1 N–H and O–H groups in total. The summed E-state index contributed by atoms with van der Waals surface area (Å²) >= 11 is 0. The molecule has 0 spiro atoms. The number of aromatic carboxylic acids is 1. The molecule has 2 aliphatic rings. The maximum Gasteiger partial charge on any atom is 0.586 e. The summed E-state index contributed by atoms with van der Waals surface area (Å²) in [5, 5.41) is 9.16. The van der Waals surface area contributed by atoms with Crippen molar-refractivity contribution in [3.8, 4) is 22.8 Å². The highest BCUT2D eigenvalue weighted by atomic mass is 19.4. The second kappa shape index (κ2) is 8.22. The van der Waals surface area contributed by atoms with Gasteiger partial charge in [-0.3, -0.25) is 9.78 Å². The van der Waals surface area contributed by atoms with Gasteiger partial charge >= 0.3 is 18.4 Å². The zero-order valence-electron chi connectivity index (χ0n) is 18.5. The third-order valence-corrected chi connectivity index (χ3v) is 6.26. The Balaban J connectivity index is 1.48. The van der Waals surface area contributed by atoms with Gasteiger partial charge in [-0.2, -0.15) is 13.2 Å². The maximum atomic E-state index is 14.0. The van der Waals surface area contributed by atoms with Gasteiger partial charge in [0.1, 0.15) is 11.6 Å². The third kappa shape index (κ3) is 4.58. The number of carboxylic acid groups (broad SMARTS) is 1. The van der Waals surface area contributed by atoms with Crippen molar-refractivity contribution in [2.75, 3.05) is 0 Å². The maximum absolute atomic E-state index is 14.0. The van der Waals surface area contributed by atoms with Crippen LogP contribution in [0.25, 0.3) is 11.3 Å². The van der Waals surface area contributed by atoms with Crippen molar-refractivity contribution in [2.24, 2.45) is 0 Å². The predicted octanol–water partition coefficient (Wildman–Crippen LogP) is 5.77. The SMILES string of the molecule is O=C(O)c1cc(F)cc(-c2nc(CC(=O)C3(c4ccc5c(c4)OC(F)(F)O5)CC3)ccc2C(F)(F)F)c1. The number of rotatable bonds is 6. The van der Waals surface area contributed by atoms with Gasteiger partial charge in [0.2, 0.25) is 0 Å². The zero-order chi connectivity index (χ0) is 26.8. The first-order chi connectivity index (χ1) is 17.3. The van der Waals surface area contributed by atoms with Crippen LogP contribution in [0.15, 0.2) is 48.5 Å². The van der Waals surface area contributed by atoms with E-state index in [1.165, 1.54) is 18.2 Å². The fourth-order valence-electron chi connectivity index (χ4n) is 4.33. The molecular weight excluding hydrogens is 508 g/mol. The molecule has 0 amide bonds. The first-order valence-corrected chi connectivity index (χ1v) is 10.8. The van der Waals surface area contributed by atoms with Crippen LogP contribution in [0.3, 0.4) is 0 Å². The molecule has 0 bridgehead atoms. The lowest BCUT2D eigenvalue weighted by molar-refractivity contribution is -0.286. The van der Waals surface area contributed by atoms with Gasteiger partial charge in [0.15, 0.2) is 11.5 Å². The molecule has 37 heavy (non-hydrogen) atoms. The molecule has 12 heteroatoms. The number of ether oxygens (including phenoxy) is 2. The molecule has 1 fully saturated rings. The van der Waals surface area contributed by atoms with Crippen LogP contribution in [-0.4, -0.2) is 28.1 Å². The largest absolute Gasteiger partial charge is 0.586 e. The van der Waals surface area contributed by atoms with Gasteiger partial charge in [-0.1, -0.05) is 6.07 Å². The summed E-state index contributed by atoms with van der Waals surface area (Å²) in [6.45, 7) is 0. The third-order valence-electron chi connectivity index (χ3n) is 6.26. The van der Waals surface area contributed by atoms with E-state index in [-0.39, 0.29) is 17.2 Å². The van der Waals surface area contributed by atoms with Crippen LogP contribution in [0.5, 0.6) is 11.5 Å². The minimum Gasteiger partial charge on any atom is -0.478 e. The molecule has 2 heterocycles. The Hall–Kier alpha value is -4.09. The molecule has 1 aromatic heterocycles. The number of hydrogen-bond acceptors (Lipinski definition) is 5. The summed E-state index contributed by atoms with van der Waals surface area (Å²) in [6, 6.07) is 7.91. The highest BCUT2D eigenvalue weighted by Gasteiger charge is 2.52. The number of carbonyl (C=O) groups excluding carboxylic acids is 1. The van der Waals surface area contributed by atoms with E-state index in [0.717, 1.165) is 18.2 Å². The van der Waals surface area contributed by atoms with Gasteiger partial charge in [-0.15, -0.1) is 8.78 Å². The molecule has 6 nitrogen and oxygen atoms in total. The quantitative estimate of drug-likeness (QED) is 0.413. The molecule has 0 unspecified atom stereocenters. The summed E-state index contributed by atoms with van der Waals surface area (Å²) in [7, 11) is 0. The van der Waals surface area contributed by atoms with Crippen LogP contribution in [0, 0.1) is 5.82 Å². The van der Waals surface area contributed by atoms with Gasteiger partial charge < -0.3 is 14.6 Å². The summed E-state index contributed by atoms with van der Waals surface area (Å²) < 4.78 is 90.6. The molecule has 2 aromatic carbocycles. The number of alkyl halides is 5. The number of pyridine rings is 1. The number of fused-ring (bicyclic) bond motifs is 1. The molecule has 1 aliphatic heterocycles. The Labute approximate surface area is 204 Å². The minimum atomic E-state index is -4.90. The Morgan fingerprint density at radius 2 is 1.68 bits per heavy atom. The summed E-state index contributed by atoms with van der Waals surface area (Å²) in [4.78, 5) is 28.5. The van der Waals surface area contributed by atoms with E-state index in [1.807, 2.05) is 0 Å². The molecule has 192 valence electrons. The van der Waals surface area contributed by atoms with Crippen molar-refractivity contribution >= 4 is 11.8 Å². The van der Waals surface area contributed by atoms with Gasteiger partial charge in [0.25, 0.3) is 0 Å². The number of carbonyl (C=O) groups is 2. The van der Waals surface area contributed by atoms with Crippen molar-refractivity contribution in [2.45, 2.75) is 37.1 Å². The molecule has 0 radical (unpaired) electrons. The summed E-state index contributed by atoms with van der Waals surface area (Å²) in [6.07, 6.45) is -8.38. The average Bonchev–Trinajstić information content (AvgIpc) is 3.55. The number of carboxylic acids is 1. The van der Waals surface area contributed by atoms with Crippen molar-refractivity contribution in [3.63, 3.8) is 0 Å². The Kier molecular flexibility index (Phi) is 5.46.